The molecule has 0 radical (unpaired) electrons. The normalized spacial score (nSPS) is 10.4. The second kappa shape index (κ2) is 8.28. The van der Waals surface area contributed by atoms with Crippen LogP contribution in [0.4, 0.5) is 0 Å². The summed E-state index contributed by atoms with van der Waals surface area (Å²) in [7, 11) is 1.49. The van der Waals surface area contributed by atoms with Gasteiger partial charge < -0.3 is 15.2 Å². The van der Waals surface area contributed by atoms with Crippen LogP contribution in [0, 0.1) is 0 Å². The van der Waals surface area contributed by atoms with Gasteiger partial charge in [-0.05, 0) is 54.7 Å². The third kappa shape index (κ3) is 4.94. The van der Waals surface area contributed by atoms with Crippen molar-refractivity contribution in [1.82, 2.24) is 5.43 Å². The van der Waals surface area contributed by atoms with Gasteiger partial charge in [0.15, 0.2) is 17.7 Å². The molecule has 24 heavy (non-hydrogen) atoms. The Morgan fingerprint density at radius 3 is 2.58 bits per heavy atom. The lowest BCUT2D eigenvalue weighted by molar-refractivity contribution is -0.499. The van der Waals surface area contributed by atoms with E-state index in [-0.39, 0.29) is 5.11 Å². The summed E-state index contributed by atoms with van der Waals surface area (Å²) in [5, 5.41) is 3.39. The zero-order valence-electron chi connectivity index (χ0n) is 12.7. The number of hydrogen-bond acceptors (Lipinski definition) is 4. The molecule has 0 amide bonds. The molecule has 0 atom stereocenters. The molecule has 2 aromatic rings. The van der Waals surface area contributed by atoms with Crippen molar-refractivity contribution in [2.24, 2.45) is 5.73 Å². The third-order valence-corrected chi connectivity index (χ3v) is 3.26. The minimum absolute atomic E-state index is 0.117. The standard InChI is InChI=1S/C16H14ClN3O3S/c1-22-14-8-10(9-19-20-16(18)24)2-7-13(14)23-15(21)11-3-5-12(17)6-4-11/h2-9H,1H3,(H3,18,20,24)/p+1. The number of nitrogens with two attached hydrogens (primary N) is 1. The first kappa shape index (κ1) is 17.7. The van der Waals surface area contributed by atoms with Crippen LogP contribution in [0.2, 0.25) is 5.02 Å². The fourth-order valence-electron chi connectivity index (χ4n) is 1.79. The number of carbonyl (C=O) groups is 1. The molecule has 0 aromatic heterocycles. The number of methoxy groups -OCH3 is 1. The van der Waals surface area contributed by atoms with Crippen LogP contribution in [-0.2, 0) is 0 Å². The van der Waals surface area contributed by atoms with Gasteiger partial charge in [-0.3, -0.25) is 0 Å². The van der Waals surface area contributed by atoms with Gasteiger partial charge in [0.25, 0.3) is 0 Å². The molecule has 0 aliphatic rings. The van der Waals surface area contributed by atoms with Gasteiger partial charge >= 0.3 is 5.97 Å². The number of esters is 1. The molecule has 0 aliphatic heterocycles. The number of ether oxygens (including phenoxy) is 2. The lowest BCUT2D eigenvalue weighted by Crippen LogP contribution is -2.82. The number of hydrazine groups is 1. The van der Waals surface area contributed by atoms with E-state index in [9.17, 15) is 4.79 Å². The van der Waals surface area contributed by atoms with Gasteiger partial charge in [-0.15, -0.1) is 10.5 Å². The topological polar surface area (TPSA) is 87.6 Å². The van der Waals surface area contributed by atoms with Gasteiger partial charge in [0.2, 0.25) is 5.11 Å². The highest BCUT2D eigenvalue weighted by atomic mass is 35.5. The summed E-state index contributed by atoms with van der Waals surface area (Å²) in [5.74, 6) is 0.204. The van der Waals surface area contributed by atoms with Crippen LogP contribution < -0.4 is 25.7 Å². The molecule has 0 fully saturated rings. The van der Waals surface area contributed by atoms with Crippen LogP contribution in [0.1, 0.15) is 15.9 Å². The zero-order valence-corrected chi connectivity index (χ0v) is 14.3. The Balaban J connectivity index is 2.15. The van der Waals surface area contributed by atoms with E-state index in [1.54, 1.807) is 48.7 Å². The molecule has 6 nitrogen and oxygen atoms in total. The quantitative estimate of drug-likeness (QED) is 0.239. The maximum atomic E-state index is 12.1. The summed E-state index contributed by atoms with van der Waals surface area (Å²) < 4.78 is 10.6. The van der Waals surface area contributed by atoms with Crippen LogP contribution in [0.5, 0.6) is 11.5 Å². The largest absolute Gasteiger partial charge is 0.493 e. The van der Waals surface area contributed by atoms with E-state index >= 15 is 0 Å². The van der Waals surface area contributed by atoms with Crippen LogP contribution in [0.15, 0.2) is 42.5 Å². The maximum Gasteiger partial charge on any atom is 0.343 e. The van der Waals surface area contributed by atoms with E-state index in [1.807, 2.05) is 0 Å². The lowest BCUT2D eigenvalue weighted by atomic mass is 10.2. The molecule has 0 heterocycles. The van der Waals surface area contributed by atoms with Gasteiger partial charge in [0, 0.05) is 10.6 Å². The fraction of sp³-hybridized carbons (Fsp3) is 0.0625. The van der Waals surface area contributed by atoms with Crippen molar-refractivity contribution >= 4 is 41.1 Å². The van der Waals surface area contributed by atoms with E-state index < -0.39 is 5.97 Å². The van der Waals surface area contributed by atoms with Crippen LogP contribution in [-0.4, -0.2) is 24.4 Å². The highest BCUT2D eigenvalue weighted by molar-refractivity contribution is 7.80. The molecule has 4 N–H and O–H groups in total. The van der Waals surface area contributed by atoms with Gasteiger partial charge in [-0.25, -0.2) is 4.79 Å². The van der Waals surface area contributed by atoms with E-state index in [1.165, 1.54) is 7.11 Å². The summed E-state index contributed by atoms with van der Waals surface area (Å²) in [6.07, 6.45) is 1.63. The van der Waals surface area contributed by atoms with Crippen LogP contribution in [0.3, 0.4) is 0 Å². The Morgan fingerprint density at radius 2 is 1.96 bits per heavy atom. The molecule has 0 saturated heterocycles. The number of hydrogen-bond donors (Lipinski definition) is 3. The Morgan fingerprint density at radius 1 is 1.25 bits per heavy atom. The number of nitrogens with one attached hydrogen (secondary N) is 2. The second-order valence-electron chi connectivity index (χ2n) is 4.58. The molecule has 0 unspecified atom stereocenters. The number of hydrazone groups is 1. The third-order valence-electron chi connectivity index (χ3n) is 2.90. The summed E-state index contributed by atoms with van der Waals surface area (Å²) in [6, 6.07) is 11.5. The highest BCUT2D eigenvalue weighted by Crippen LogP contribution is 2.28. The predicted molar refractivity (Wildman–Crippen MR) is 95.5 cm³/mol. The minimum atomic E-state index is -0.505. The van der Waals surface area contributed by atoms with Crippen molar-refractivity contribution in [2.75, 3.05) is 7.11 Å². The first-order chi connectivity index (χ1) is 11.5. The SMILES string of the molecule is COc1cc(C=[NH+]NC(N)=S)ccc1OC(=O)c1ccc(Cl)cc1. The van der Waals surface area contributed by atoms with Crippen molar-refractivity contribution < 1.29 is 19.4 Å². The number of benzene rings is 2. The van der Waals surface area contributed by atoms with E-state index in [2.05, 4.69) is 22.7 Å². The van der Waals surface area contributed by atoms with Gasteiger partial charge in [0.05, 0.1) is 12.7 Å². The van der Waals surface area contributed by atoms with Gasteiger partial charge in [-0.2, -0.15) is 0 Å². The monoisotopic (exact) mass is 364 g/mol. The number of rotatable bonds is 5. The highest BCUT2D eigenvalue weighted by Gasteiger charge is 2.13. The lowest BCUT2D eigenvalue weighted by Gasteiger charge is -2.09. The smallest absolute Gasteiger partial charge is 0.343 e. The van der Waals surface area contributed by atoms with Crippen molar-refractivity contribution in [3.8, 4) is 11.5 Å². The van der Waals surface area contributed by atoms with E-state index in [0.29, 0.717) is 22.1 Å². The molecule has 8 heteroatoms. The molecule has 0 bridgehead atoms. The Labute approximate surface area is 149 Å². The number of halogens is 1. The average molecular weight is 365 g/mol. The molecular weight excluding hydrogens is 350 g/mol. The minimum Gasteiger partial charge on any atom is -0.493 e. The number of thiocarbonyl (C=S) groups is 1. The summed E-state index contributed by atoms with van der Waals surface area (Å²) >= 11 is 10.5. The molecule has 2 rings (SSSR count). The number of carbonyl (C=O) groups excluding carboxylic acids is 1. The Kier molecular flexibility index (Phi) is 6.11. The fourth-order valence-corrected chi connectivity index (χ4v) is 1.98. The van der Waals surface area contributed by atoms with Crippen LogP contribution >= 0.6 is 23.8 Å². The molecule has 0 spiro atoms. The first-order valence-electron chi connectivity index (χ1n) is 6.79. The molecule has 2 aromatic carbocycles. The van der Waals surface area contributed by atoms with Crippen molar-refractivity contribution in [2.45, 2.75) is 0 Å². The molecular formula is C16H15ClN3O3S+. The second-order valence-corrected chi connectivity index (χ2v) is 5.46. The predicted octanol–water partition coefficient (Wildman–Crippen LogP) is 0.816. The molecule has 124 valence electrons. The van der Waals surface area contributed by atoms with Gasteiger partial charge in [0.1, 0.15) is 0 Å². The zero-order chi connectivity index (χ0) is 17.5. The Bertz CT molecular complexity index is 779. The van der Waals surface area contributed by atoms with Crippen molar-refractivity contribution in [3.05, 3.63) is 58.6 Å². The van der Waals surface area contributed by atoms with E-state index in [4.69, 9.17) is 26.8 Å². The maximum absolute atomic E-state index is 12.1. The first-order valence-corrected chi connectivity index (χ1v) is 7.58. The van der Waals surface area contributed by atoms with Crippen molar-refractivity contribution in [3.63, 3.8) is 0 Å². The summed E-state index contributed by atoms with van der Waals surface area (Å²) in [5.41, 5.74) is 9.03. The summed E-state index contributed by atoms with van der Waals surface area (Å²) in [6.45, 7) is 0. The average Bonchev–Trinajstić information content (AvgIpc) is 2.56. The molecule has 0 aliphatic carbocycles. The van der Waals surface area contributed by atoms with E-state index in [0.717, 1.165) is 5.56 Å². The van der Waals surface area contributed by atoms with Crippen molar-refractivity contribution in [1.29, 1.82) is 0 Å². The van der Waals surface area contributed by atoms with Crippen LogP contribution in [0.25, 0.3) is 0 Å². The Hall–Kier alpha value is -2.64. The summed E-state index contributed by atoms with van der Waals surface area (Å²) in [4.78, 5) is 12.1. The molecule has 0 saturated carbocycles. The van der Waals surface area contributed by atoms with Gasteiger partial charge in [-0.1, -0.05) is 11.6 Å².